The molecule has 0 bridgehead atoms. The van der Waals surface area contributed by atoms with Gasteiger partial charge in [-0.2, -0.15) is 0 Å². The smallest absolute Gasteiger partial charge is 0.200 e. The number of halogens is 5. The third-order valence-electron chi connectivity index (χ3n) is 3.06. The molecule has 3 N–H and O–H groups in total. The minimum Gasteiger partial charge on any atom is -0.271 e. The van der Waals surface area contributed by atoms with Crippen molar-refractivity contribution in [3.05, 3.63) is 34.6 Å². The molecule has 1 unspecified atom stereocenters. The summed E-state index contributed by atoms with van der Waals surface area (Å²) in [5.41, 5.74) is 1.22. The van der Waals surface area contributed by atoms with E-state index in [-0.39, 0.29) is 12.3 Å². The molecule has 1 fully saturated rings. The highest BCUT2D eigenvalue weighted by Gasteiger charge is 2.33. The summed E-state index contributed by atoms with van der Waals surface area (Å²) in [5.74, 6) is -4.35. The standard InChI is InChI=1S/C11H11F5N2/c12-7-6(5(18-17)3-4-1-2-4)8(13)10(15)11(16)9(7)14/h4-5,18H,1-3,17H2. The maximum absolute atomic E-state index is 13.5. The SMILES string of the molecule is NNC(CC1CC1)c1c(F)c(F)c(F)c(F)c1F. The zero-order valence-electron chi connectivity index (χ0n) is 9.24. The van der Waals surface area contributed by atoms with E-state index in [0.29, 0.717) is 0 Å². The van der Waals surface area contributed by atoms with Crippen molar-refractivity contribution in [3.63, 3.8) is 0 Å². The molecule has 0 heterocycles. The van der Waals surface area contributed by atoms with E-state index in [2.05, 4.69) is 5.43 Å². The van der Waals surface area contributed by atoms with Gasteiger partial charge in [0, 0.05) is 5.56 Å². The molecule has 1 aliphatic rings. The predicted molar refractivity (Wildman–Crippen MR) is 53.6 cm³/mol. The van der Waals surface area contributed by atoms with E-state index < -0.39 is 40.7 Å². The van der Waals surface area contributed by atoms with Gasteiger partial charge in [-0.15, -0.1) is 0 Å². The average molecular weight is 266 g/mol. The minimum absolute atomic E-state index is 0.209. The normalized spacial score (nSPS) is 17.0. The van der Waals surface area contributed by atoms with Crippen molar-refractivity contribution in [1.82, 2.24) is 5.43 Å². The number of benzene rings is 1. The summed E-state index contributed by atoms with van der Waals surface area (Å²) in [6.45, 7) is 0. The molecule has 1 aromatic rings. The lowest BCUT2D eigenvalue weighted by atomic mass is 10.00. The van der Waals surface area contributed by atoms with Crippen LogP contribution in [0.3, 0.4) is 0 Å². The number of hydrogen-bond donors (Lipinski definition) is 2. The zero-order chi connectivity index (χ0) is 13.4. The Bertz CT molecular complexity index is 444. The molecule has 2 rings (SSSR count). The first-order valence-electron chi connectivity index (χ1n) is 5.44. The van der Waals surface area contributed by atoms with Gasteiger partial charge in [0.15, 0.2) is 23.3 Å². The second kappa shape index (κ2) is 4.81. The topological polar surface area (TPSA) is 38.0 Å². The second-order valence-electron chi connectivity index (χ2n) is 4.38. The quantitative estimate of drug-likeness (QED) is 0.289. The summed E-state index contributed by atoms with van der Waals surface area (Å²) in [7, 11) is 0. The van der Waals surface area contributed by atoms with Crippen molar-refractivity contribution < 1.29 is 22.0 Å². The molecule has 0 spiro atoms. The van der Waals surface area contributed by atoms with Crippen LogP contribution in [0.25, 0.3) is 0 Å². The molecule has 0 amide bonds. The van der Waals surface area contributed by atoms with Gasteiger partial charge in [0.1, 0.15) is 0 Å². The number of hydrazine groups is 1. The van der Waals surface area contributed by atoms with Crippen LogP contribution < -0.4 is 11.3 Å². The van der Waals surface area contributed by atoms with Crippen LogP contribution in [0.4, 0.5) is 22.0 Å². The predicted octanol–water partition coefficient (Wildman–Crippen LogP) is 2.69. The van der Waals surface area contributed by atoms with Crippen LogP contribution >= 0.6 is 0 Å². The molecular weight excluding hydrogens is 255 g/mol. The Kier molecular flexibility index (Phi) is 3.54. The fraction of sp³-hybridized carbons (Fsp3) is 0.455. The summed E-state index contributed by atoms with van der Waals surface area (Å²) in [5, 5.41) is 0. The molecule has 1 aliphatic carbocycles. The molecule has 1 aromatic carbocycles. The van der Waals surface area contributed by atoms with E-state index >= 15 is 0 Å². The molecular formula is C11H11F5N2. The number of rotatable bonds is 4. The van der Waals surface area contributed by atoms with Crippen LogP contribution in [0.5, 0.6) is 0 Å². The largest absolute Gasteiger partial charge is 0.271 e. The van der Waals surface area contributed by atoms with E-state index in [1.165, 1.54) is 0 Å². The molecule has 1 saturated carbocycles. The van der Waals surface area contributed by atoms with Crippen LogP contribution in [-0.2, 0) is 0 Å². The highest BCUT2D eigenvalue weighted by molar-refractivity contribution is 5.27. The van der Waals surface area contributed by atoms with E-state index in [1.807, 2.05) is 0 Å². The fourth-order valence-electron chi connectivity index (χ4n) is 1.88. The van der Waals surface area contributed by atoms with Crippen LogP contribution in [-0.4, -0.2) is 0 Å². The lowest BCUT2D eigenvalue weighted by Gasteiger charge is -2.18. The van der Waals surface area contributed by atoms with Gasteiger partial charge in [0.05, 0.1) is 6.04 Å². The third kappa shape index (κ3) is 2.20. The van der Waals surface area contributed by atoms with Crippen molar-refractivity contribution in [3.8, 4) is 0 Å². The summed E-state index contributed by atoms with van der Waals surface area (Å²) < 4.78 is 65.9. The van der Waals surface area contributed by atoms with E-state index in [9.17, 15) is 22.0 Å². The van der Waals surface area contributed by atoms with Gasteiger partial charge >= 0.3 is 0 Å². The summed E-state index contributed by atoms with van der Waals surface area (Å²) >= 11 is 0. The van der Waals surface area contributed by atoms with Gasteiger partial charge in [-0.3, -0.25) is 11.3 Å². The molecule has 1 atom stereocenters. The Hall–Kier alpha value is -1.21. The van der Waals surface area contributed by atoms with Crippen molar-refractivity contribution >= 4 is 0 Å². The lowest BCUT2D eigenvalue weighted by Crippen LogP contribution is -2.30. The van der Waals surface area contributed by atoms with Crippen LogP contribution in [0.2, 0.25) is 0 Å². The van der Waals surface area contributed by atoms with Gasteiger partial charge in [-0.25, -0.2) is 22.0 Å². The number of nitrogens with one attached hydrogen (secondary N) is 1. The Morgan fingerprint density at radius 2 is 1.39 bits per heavy atom. The number of hydrogen-bond acceptors (Lipinski definition) is 2. The summed E-state index contributed by atoms with van der Waals surface area (Å²) in [4.78, 5) is 0. The molecule has 0 aromatic heterocycles. The lowest BCUT2D eigenvalue weighted by molar-refractivity contribution is 0.349. The van der Waals surface area contributed by atoms with E-state index in [4.69, 9.17) is 5.84 Å². The van der Waals surface area contributed by atoms with Gasteiger partial charge in [0.2, 0.25) is 5.82 Å². The van der Waals surface area contributed by atoms with Crippen molar-refractivity contribution in [2.24, 2.45) is 11.8 Å². The first kappa shape index (κ1) is 13.2. The summed E-state index contributed by atoms with van der Waals surface area (Å²) in [6.07, 6.45) is 1.98. The van der Waals surface area contributed by atoms with Gasteiger partial charge < -0.3 is 0 Å². The highest BCUT2D eigenvalue weighted by Crippen LogP contribution is 2.39. The van der Waals surface area contributed by atoms with Crippen LogP contribution in [0.15, 0.2) is 0 Å². The molecule has 0 saturated heterocycles. The molecule has 7 heteroatoms. The Labute approximate surface area is 99.9 Å². The molecule has 2 nitrogen and oxygen atoms in total. The Morgan fingerprint density at radius 1 is 0.944 bits per heavy atom. The Balaban J connectivity index is 2.47. The van der Waals surface area contributed by atoms with Gasteiger partial charge in [-0.05, 0) is 12.3 Å². The van der Waals surface area contributed by atoms with Crippen LogP contribution in [0.1, 0.15) is 30.9 Å². The number of nitrogens with two attached hydrogens (primary N) is 1. The second-order valence-corrected chi connectivity index (χ2v) is 4.38. The van der Waals surface area contributed by atoms with Gasteiger partial charge in [0.25, 0.3) is 0 Å². The van der Waals surface area contributed by atoms with E-state index in [0.717, 1.165) is 12.8 Å². The first-order chi connectivity index (χ1) is 8.47. The molecule has 18 heavy (non-hydrogen) atoms. The maximum Gasteiger partial charge on any atom is 0.200 e. The van der Waals surface area contributed by atoms with E-state index in [1.54, 1.807) is 0 Å². The minimum atomic E-state index is -2.16. The monoisotopic (exact) mass is 266 g/mol. The average Bonchev–Trinajstić information content (AvgIpc) is 3.16. The highest BCUT2D eigenvalue weighted by atomic mass is 19.2. The van der Waals surface area contributed by atoms with Crippen molar-refractivity contribution in [1.29, 1.82) is 0 Å². The first-order valence-corrected chi connectivity index (χ1v) is 5.44. The summed E-state index contributed by atoms with van der Waals surface area (Å²) in [6, 6.07) is -1.08. The molecule has 0 radical (unpaired) electrons. The maximum atomic E-state index is 13.5. The zero-order valence-corrected chi connectivity index (χ0v) is 9.24. The molecule has 0 aliphatic heterocycles. The van der Waals surface area contributed by atoms with Crippen LogP contribution in [0, 0.1) is 35.0 Å². The van der Waals surface area contributed by atoms with Crippen molar-refractivity contribution in [2.75, 3.05) is 0 Å². The van der Waals surface area contributed by atoms with Crippen molar-refractivity contribution in [2.45, 2.75) is 25.3 Å². The van der Waals surface area contributed by atoms with Gasteiger partial charge in [-0.1, -0.05) is 12.8 Å². The third-order valence-corrected chi connectivity index (χ3v) is 3.06. The fourth-order valence-corrected chi connectivity index (χ4v) is 1.88. The Morgan fingerprint density at radius 3 is 1.78 bits per heavy atom. The molecule has 100 valence electrons.